The van der Waals surface area contributed by atoms with Gasteiger partial charge in [0.2, 0.25) is 15.9 Å². The molecule has 1 amide bonds. The lowest BCUT2D eigenvalue weighted by molar-refractivity contribution is -0.116. The fourth-order valence-corrected chi connectivity index (χ4v) is 5.65. The van der Waals surface area contributed by atoms with E-state index < -0.39 is 20.0 Å². The second-order valence-electron chi connectivity index (χ2n) is 8.40. The number of carbonyl (C=O) groups excluding carboxylic acids is 1. The molecule has 0 heterocycles. The van der Waals surface area contributed by atoms with E-state index in [0.29, 0.717) is 28.5 Å². The van der Waals surface area contributed by atoms with Gasteiger partial charge in [0, 0.05) is 23.7 Å². The number of nitrogens with zero attached hydrogens (tertiary/aromatic N) is 1. The third-order valence-corrected chi connectivity index (χ3v) is 8.30. The van der Waals surface area contributed by atoms with Crippen LogP contribution in [0.5, 0.6) is 0 Å². The first-order valence-electron chi connectivity index (χ1n) is 11.1. The smallest absolute Gasteiger partial charge is 0.261 e. The average molecular weight is 550 g/mol. The van der Waals surface area contributed by atoms with Gasteiger partial charge in [-0.3, -0.25) is 13.8 Å². The normalized spacial score (nSPS) is 11.7. The van der Waals surface area contributed by atoms with Crippen LogP contribution in [-0.4, -0.2) is 35.5 Å². The maximum Gasteiger partial charge on any atom is 0.261 e. The van der Waals surface area contributed by atoms with Crippen molar-refractivity contribution in [2.24, 2.45) is 0 Å². The van der Waals surface area contributed by atoms with E-state index in [4.69, 9.17) is 11.6 Å². The number of halogens is 1. The molecule has 3 aromatic rings. The third-order valence-electron chi connectivity index (χ3n) is 5.47. The second-order valence-corrected chi connectivity index (χ2v) is 12.4. The average Bonchev–Trinajstić information content (AvgIpc) is 2.78. The van der Waals surface area contributed by atoms with Gasteiger partial charge in [-0.25, -0.2) is 16.8 Å². The molecule has 0 atom stereocenters. The SMILES string of the molecule is Cc1ccc(N(CCCC(=O)Nc2ccc(S(=O)(=O)Nc3cccc(Cl)c3)cc2)S(C)(=O)=O)cc1C. The lowest BCUT2D eigenvalue weighted by Crippen LogP contribution is -2.31. The van der Waals surface area contributed by atoms with Gasteiger partial charge in [0.05, 0.1) is 22.5 Å². The highest BCUT2D eigenvalue weighted by Crippen LogP contribution is 2.23. The van der Waals surface area contributed by atoms with Crippen LogP contribution in [0.4, 0.5) is 17.1 Å². The zero-order chi connectivity index (χ0) is 26.5. The third kappa shape index (κ3) is 7.46. The van der Waals surface area contributed by atoms with E-state index >= 15 is 0 Å². The van der Waals surface area contributed by atoms with E-state index in [1.807, 2.05) is 26.0 Å². The second kappa shape index (κ2) is 11.3. The van der Waals surface area contributed by atoms with Gasteiger partial charge in [-0.15, -0.1) is 0 Å². The predicted molar refractivity (Wildman–Crippen MR) is 145 cm³/mol. The summed E-state index contributed by atoms with van der Waals surface area (Å²) in [4.78, 5) is 12.4. The maximum atomic E-state index is 12.6. The van der Waals surface area contributed by atoms with Gasteiger partial charge in [0.25, 0.3) is 10.0 Å². The molecule has 2 N–H and O–H groups in total. The van der Waals surface area contributed by atoms with Crippen LogP contribution in [0.15, 0.2) is 71.6 Å². The Labute approximate surface area is 217 Å². The number of carbonyl (C=O) groups is 1. The molecule has 3 rings (SSSR count). The molecule has 0 aliphatic carbocycles. The summed E-state index contributed by atoms with van der Waals surface area (Å²) >= 11 is 5.90. The Morgan fingerprint density at radius 2 is 1.58 bits per heavy atom. The number of anilines is 3. The van der Waals surface area contributed by atoms with E-state index in [-0.39, 0.29) is 23.8 Å². The Morgan fingerprint density at radius 3 is 2.19 bits per heavy atom. The largest absolute Gasteiger partial charge is 0.326 e. The van der Waals surface area contributed by atoms with Crippen molar-refractivity contribution < 1.29 is 21.6 Å². The van der Waals surface area contributed by atoms with Crippen molar-refractivity contribution in [2.75, 3.05) is 27.1 Å². The Bertz CT molecular complexity index is 1460. The molecule has 0 aliphatic rings. The summed E-state index contributed by atoms with van der Waals surface area (Å²) in [7, 11) is -7.35. The van der Waals surface area contributed by atoms with Crippen molar-refractivity contribution in [1.29, 1.82) is 0 Å². The Hall–Kier alpha value is -3.08. The van der Waals surface area contributed by atoms with Crippen molar-refractivity contribution in [2.45, 2.75) is 31.6 Å². The first-order valence-corrected chi connectivity index (χ1v) is 14.8. The minimum atomic E-state index is -3.83. The lowest BCUT2D eigenvalue weighted by Gasteiger charge is -2.23. The van der Waals surface area contributed by atoms with Crippen molar-refractivity contribution in [3.8, 4) is 0 Å². The fourth-order valence-electron chi connectivity index (χ4n) is 3.46. The fraction of sp³-hybridized carbons (Fsp3) is 0.240. The summed E-state index contributed by atoms with van der Waals surface area (Å²) in [5.41, 5.74) is 3.36. The number of hydrogen-bond acceptors (Lipinski definition) is 5. The van der Waals surface area contributed by atoms with Crippen LogP contribution in [0.1, 0.15) is 24.0 Å². The molecule has 11 heteroatoms. The van der Waals surface area contributed by atoms with Crippen LogP contribution in [0.3, 0.4) is 0 Å². The summed E-state index contributed by atoms with van der Waals surface area (Å²) in [6.07, 6.45) is 1.54. The summed E-state index contributed by atoms with van der Waals surface area (Å²) < 4.78 is 53.5. The standard InChI is InChI=1S/C25H28ClN3O5S2/c1-18-9-12-23(16-19(18)2)29(35(3,31)32)15-5-8-25(30)27-21-10-13-24(14-11-21)36(33,34)28-22-7-4-6-20(26)17-22/h4,6-7,9-14,16-17,28H,5,8,15H2,1-3H3,(H,27,30). The number of aryl methyl sites for hydroxylation is 2. The molecule has 0 spiro atoms. The molecule has 0 aliphatic heterocycles. The Kier molecular flexibility index (Phi) is 8.65. The van der Waals surface area contributed by atoms with Gasteiger partial charge in [0.15, 0.2) is 0 Å². The number of hydrogen-bond donors (Lipinski definition) is 2. The first kappa shape index (κ1) is 27.5. The van der Waals surface area contributed by atoms with Crippen LogP contribution in [0, 0.1) is 13.8 Å². The predicted octanol–water partition coefficient (Wildman–Crippen LogP) is 4.94. The van der Waals surface area contributed by atoms with Crippen LogP contribution in [-0.2, 0) is 24.8 Å². The van der Waals surface area contributed by atoms with Gasteiger partial charge >= 0.3 is 0 Å². The van der Waals surface area contributed by atoms with E-state index in [2.05, 4.69) is 10.0 Å². The van der Waals surface area contributed by atoms with Crippen LogP contribution >= 0.6 is 11.6 Å². The lowest BCUT2D eigenvalue weighted by atomic mass is 10.1. The van der Waals surface area contributed by atoms with Crippen molar-refractivity contribution in [3.63, 3.8) is 0 Å². The summed E-state index contributed by atoms with van der Waals surface area (Å²) in [6.45, 7) is 4.02. The number of benzene rings is 3. The van der Waals surface area contributed by atoms with Crippen LogP contribution in [0.25, 0.3) is 0 Å². The number of amides is 1. The van der Waals surface area contributed by atoms with Crippen LogP contribution in [0.2, 0.25) is 5.02 Å². The Morgan fingerprint density at radius 1 is 0.889 bits per heavy atom. The van der Waals surface area contributed by atoms with Crippen molar-refractivity contribution in [1.82, 2.24) is 0 Å². The summed E-state index contributed by atoms with van der Waals surface area (Å²) in [6, 6.07) is 17.5. The number of rotatable bonds is 10. The van der Waals surface area contributed by atoms with E-state index in [1.165, 1.54) is 34.6 Å². The first-order chi connectivity index (χ1) is 16.8. The quantitative estimate of drug-likeness (QED) is 0.372. The highest BCUT2D eigenvalue weighted by atomic mass is 35.5. The van der Waals surface area contributed by atoms with Crippen molar-refractivity contribution >= 4 is 54.6 Å². The molecular formula is C25H28ClN3O5S2. The number of nitrogens with one attached hydrogen (secondary N) is 2. The molecule has 0 unspecified atom stereocenters. The summed E-state index contributed by atoms with van der Waals surface area (Å²) in [5.74, 6) is -0.309. The van der Waals surface area contributed by atoms with E-state index in [9.17, 15) is 21.6 Å². The molecule has 192 valence electrons. The van der Waals surface area contributed by atoms with Crippen molar-refractivity contribution in [3.05, 3.63) is 82.9 Å². The molecule has 0 saturated carbocycles. The van der Waals surface area contributed by atoms with Gasteiger partial charge in [0.1, 0.15) is 0 Å². The topological polar surface area (TPSA) is 113 Å². The van der Waals surface area contributed by atoms with E-state index in [0.717, 1.165) is 17.4 Å². The van der Waals surface area contributed by atoms with E-state index in [1.54, 1.807) is 24.3 Å². The molecular weight excluding hydrogens is 522 g/mol. The summed E-state index contributed by atoms with van der Waals surface area (Å²) in [5, 5.41) is 3.11. The number of sulfonamides is 2. The highest BCUT2D eigenvalue weighted by Gasteiger charge is 2.18. The molecule has 0 saturated heterocycles. The van der Waals surface area contributed by atoms with Crippen LogP contribution < -0.4 is 14.3 Å². The zero-order valence-corrected chi connectivity index (χ0v) is 22.5. The maximum absolute atomic E-state index is 12.6. The van der Waals surface area contributed by atoms with Gasteiger partial charge in [-0.1, -0.05) is 23.7 Å². The molecule has 8 nitrogen and oxygen atoms in total. The molecule has 3 aromatic carbocycles. The zero-order valence-electron chi connectivity index (χ0n) is 20.2. The minimum Gasteiger partial charge on any atom is -0.326 e. The molecule has 0 aromatic heterocycles. The van der Waals surface area contributed by atoms with Gasteiger partial charge in [-0.2, -0.15) is 0 Å². The molecule has 0 bridgehead atoms. The molecule has 0 radical (unpaired) electrons. The minimum absolute atomic E-state index is 0.0256. The van der Waals surface area contributed by atoms with Gasteiger partial charge < -0.3 is 5.32 Å². The Balaban J connectivity index is 1.58. The highest BCUT2D eigenvalue weighted by molar-refractivity contribution is 7.92. The molecule has 0 fully saturated rings. The van der Waals surface area contributed by atoms with Gasteiger partial charge in [-0.05, 0) is 86.0 Å². The monoisotopic (exact) mass is 549 g/mol. The molecule has 36 heavy (non-hydrogen) atoms.